The highest BCUT2D eigenvalue weighted by atomic mass is 35.5. The summed E-state index contributed by atoms with van der Waals surface area (Å²) in [7, 11) is 0. The number of rotatable bonds is 3. The predicted octanol–water partition coefficient (Wildman–Crippen LogP) is 2.32. The number of benzene rings is 1. The minimum absolute atomic E-state index is 0.0449. The number of anilines is 1. The molecule has 1 aliphatic rings. The standard InChI is InChI=1S/C14H13ClFN5O2/c1-3-23-13(22)10-7(2)17-14-18-19-20-21(14)12(10)8-5-4-6-9(15)11(8)16/h4-6,12H,3H2,1-2H3,(H,17,18,20)/t12-/m0/s1. The molecule has 0 amide bonds. The molecular formula is C14H13ClFN5O2. The lowest BCUT2D eigenvalue weighted by molar-refractivity contribution is -0.139. The summed E-state index contributed by atoms with van der Waals surface area (Å²) in [5, 5.41) is 14.1. The van der Waals surface area contributed by atoms with Gasteiger partial charge in [0.25, 0.3) is 0 Å². The van der Waals surface area contributed by atoms with Crippen LogP contribution in [0.5, 0.6) is 0 Å². The van der Waals surface area contributed by atoms with Crippen LogP contribution in [-0.4, -0.2) is 32.8 Å². The van der Waals surface area contributed by atoms with Crippen LogP contribution in [0, 0.1) is 5.82 Å². The van der Waals surface area contributed by atoms with Crippen molar-refractivity contribution >= 4 is 23.5 Å². The molecule has 0 unspecified atom stereocenters. The van der Waals surface area contributed by atoms with Crippen LogP contribution in [0.25, 0.3) is 0 Å². The van der Waals surface area contributed by atoms with E-state index in [1.165, 1.54) is 16.8 Å². The fourth-order valence-electron chi connectivity index (χ4n) is 2.50. The van der Waals surface area contributed by atoms with Gasteiger partial charge in [0.15, 0.2) is 0 Å². The average molecular weight is 338 g/mol. The van der Waals surface area contributed by atoms with Crippen molar-refractivity contribution in [2.45, 2.75) is 19.9 Å². The van der Waals surface area contributed by atoms with Gasteiger partial charge in [-0.1, -0.05) is 28.8 Å². The van der Waals surface area contributed by atoms with E-state index in [1.807, 2.05) is 0 Å². The van der Waals surface area contributed by atoms with E-state index >= 15 is 0 Å². The smallest absolute Gasteiger partial charge is 0.338 e. The normalized spacial score (nSPS) is 16.8. The average Bonchev–Trinajstić information content (AvgIpc) is 2.97. The molecule has 0 bridgehead atoms. The summed E-state index contributed by atoms with van der Waals surface area (Å²) in [4.78, 5) is 12.4. The van der Waals surface area contributed by atoms with Crippen LogP contribution >= 0.6 is 11.6 Å². The second kappa shape index (κ2) is 5.96. The lowest BCUT2D eigenvalue weighted by Gasteiger charge is -2.27. The largest absolute Gasteiger partial charge is 0.463 e. The molecule has 0 aliphatic carbocycles. The molecule has 120 valence electrons. The van der Waals surface area contributed by atoms with Gasteiger partial charge < -0.3 is 10.1 Å². The summed E-state index contributed by atoms with van der Waals surface area (Å²) in [6.07, 6.45) is 0. The number of carbonyl (C=O) groups is 1. The van der Waals surface area contributed by atoms with Crippen LogP contribution in [0.4, 0.5) is 10.3 Å². The molecule has 2 heterocycles. The third kappa shape index (κ3) is 2.55. The van der Waals surface area contributed by atoms with Gasteiger partial charge in [-0.05, 0) is 30.3 Å². The molecule has 1 N–H and O–H groups in total. The number of fused-ring (bicyclic) bond motifs is 1. The van der Waals surface area contributed by atoms with E-state index < -0.39 is 17.8 Å². The van der Waals surface area contributed by atoms with Crippen LogP contribution in [0.2, 0.25) is 5.02 Å². The SMILES string of the molecule is CCOC(=O)C1=C(C)Nc2nnnn2[C@H]1c1cccc(Cl)c1F. The number of nitrogens with zero attached hydrogens (tertiary/aromatic N) is 4. The highest BCUT2D eigenvalue weighted by molar-refractivity contribution is 6.30. The molecule has 1 aromatic carbocycles. The van der Waals surface area contributed by atoms with E-state index in [-0.39, 0.29) is 22.8 Å². The molecule has 23 heavy (non-hydrogen) atoms. The zero-order chi connectivity index (χ0) is 16.6. The van der Waals surface area contributed by atoms with Crippen LogP contribution < -0.4 is 5.32 Å². The first-order chi connectivity index (χ1) is 11.0. The first-order valence-corrected chi connectivity index (χ1v) is 7.29. The number of halogens is 2. The van der Waals surface area contributed by atoms with Gasteiger partial charge in [-0.3, -0.25) is 0 Å². The van der Waals surface area contributed by atoms with E-state index in [0.29, 0.717) is 11.6 Å². The minimum atomic E-state index is -0.862. The summed E-state index contributed by atoms with van der Waals surface area (Å²) < 4.78 is 20.9. The summed E-state index contributed by atoms with van der Waals surface area (Å²) in [6, 6.07) is 3.71. The molecule has 1 aromatic heterocycles. The van der Waals surface area contributed by atoms with Gasteiger partial charge >= 0.3 is 5.97 Å². The maximum absolute atomic E-state index is 14.5. The zero-order valence-corrected chi connectivity index (χ0v) is 13.1. The minimum Gasteiger partial charge on any atom is -0.463 e. The molecule has 2 aromatic rings. The van der Waals surface area contributed by atoms with E-state index in [2.05, 4.69) is 20.8 Å². The Kier molecular flexibility index (Phi) is 3.99. The van der Waals surface area contributed by atoms with Crippen molar-refractivity contribution in [2.75, 3.05) is 11.9 Å². The maximum Gasteiger partial charge on any atom is 0.338 e. The Bertz CT molecular complexity index is 804. The fourth-order valence-corrected chi connectivity index (χ4v) is 2.69. The summed E-state index contributed by atoms with van der Waals surface area (Å²) >= 11 is 5.88. The number of tetrazole rings is 1. The number of aromatic nitrogens is 4. The summed E-state index contributed by atoms with van der Waals surface area (Å²) in [5.74, 6) is -0.889. The van der Waals surface area contributed by atoms with E-state index in [0.717, 1.165) is 0 Å². The molecule has 0 spiro atoms. The number of carbonyl (C=O) groups excluding carboxylic acids is 1. The van der Waals surface area contributed by atoms with Crippen molar-refractivity contribution in [1.82, 2.24) is 20.2 Å². The number of nitrogens with one attached hydrogen (secondary N) is 1. The number of ether oxygens (including phenoxy) is 1. The predicted molar refractivity (Wildman–Crippen MR) is 80.3 cm³/mol. The summed E-state index contributed by atoms with van der Waals surface area (Å²) in [5.41, 5.74) is 0.915. The van der Waals surface area contributed by atoms with Gasteiger partial charge in [0.2, 0.25) is 5.95 Å². The van der Waals surface area contributed by atoms with E-state index in [9.17, 15) is 9.18 Å². The number of hydrogen-bond donors (Lipinski definition) is 1. The van der Waals surface area contributed by atoms with E-state index in [4.69, 9.17) is 16.3 Å². The quantitative estimate of drug-likeness (QED) is 0.866. The molecule has 1 atom stereocenters. The van der Waals surface area contributed by atoms with Gasteiger partial charge in [0, 0.05) is 11.3 Å². The van der Waals surface area contributed by atoms with Crippen LogP contribution in [0.1, 0.15) is 25.5 Å². The molecule has 0 saturated carbocycles. The zero-order valence-electron chi connectivity index (χ0n) is 12.4. The van der Waals surface area contributed by atoms with Gasteiger partial charge in [-0.2, -0.15) is 4.68 Å². The Hall–Kier alpha value is -2.48. The highest BCUT2D eigenvalue weighted by Crippen LogP contribution is 2.37. The van der Waals surface area contributed by atoms with Crippen molar-refractivity contribution in [2.24, 2.45) is 0 Å². The van der Waals surface area contributed by atoms with Gasteiger partial charge in [-0.25, -0.2) is 9.18 Å². The fraction of sp³-hybridized carbons (Fsp3) is 0.286. The number of hydrogen-bond acceptors (Lipinski definition) is 6. The summed E-state index contributed by atoms with van der Waals surface area (Å²) in [6.45, 7) is 3.57. The highest BCUT2D eigenvalue weighted by Gasteiger charge is 2.36. The molecule has 0 radical (unpaired) electrons. The van der Waals surface area contributed by atoms with Crippen LogP contribution in [0.3, 0.4) is 0 Å². The Morgan fingerprint density at radius 1 is 1.52 bits per heavy atom. The van der Waals surface area contributed by atoms with E-state index in [1.54, 1.807) is 19.9 Å². The second-order valence-electron chi connectivity index (χ2n) is 4.88. The third-order valence-electron chi connectivity index (χ3n) is 3.49. The molecule has 3 rings (SSSR count). The Labute approximate surface area is 136 Å². The molecule has 0 fully saturated rings. The Morgan fingerprint density at radius 3 is 3.04 bits per heavy atom. The third-order valence-corrected chi connectivity index (χ3v) is 3.78. The maximum atomic E-state index is 14.5. The molecule has 1 aliphatic heterocycles. The van der Waals surface area contributed by atoms with Crippen molar-refractivity contribution in [3.8, 4) is 0 Å². The topological polar surface area (TPSA) is 81.9 Å². The Balaban J connectivity index is 2.21. The molecule has 0 saturated heterocycles. The number of esters is 1. The first kappa shape index (κ1) is 15.4. The monoisotopic (exact) mass is 337 g/mol. The lowest BCUT2D eigenvalue weighted by Crippen LogP contribution is -2.30. The Morgan fingerprint density at radius 2 is 2.30 bits per heavy atom. The lowest BCUT2D eigenvalue weighted by atomic mass is 9.95. The molecule has 9 heteroatoms. The van der Waals surface area contributed by atoms with Gasteiger partial charge in [-0.15, -0.1) is 0 Å². The van der Waals surface area contributed by atoms with Gasteiger partial charge in [0.05, 0.1) is 17.2 Å². The molecule has 7 nitrogen and oxygen atoms in total. The van der Waals surface area contributed by atoms with Gasteiger partial charge in [0.1, 0.15) is 11.9 Å². The first-order valence-electron chi connectivity index (χ1n) is 6.91. The molecular weight excluding hydrogens is 325 g/mol. The number of allylic oxidation sites excluding steroid dienone is 1. The van der Waals surface area contributed by atoms with Crippen molar-refractivity contribution in [3.05, 3.63) is 45.9 Å². The van der Waals surface area contributed by atoms with Crippen molar-refractivity contribution in [1.29, 1.82) is 0 Å². The van der Waals surface area contributed by atoms with Crippen LogP contribution in [-0.2, 0) is 9.53 Å². The van der Waals surface area contributed by atoms with Crippen molar-refractivity contribution in [3.63, 3.8) is 0 Å². The second-order valence-corrected chi connectivity index (χ2v) is 5.28. The van der Waals surface area contributed by atoms with Crippen LogP contribution in [0.15, 0.2) is 29.5 Å². The van der Waals surface area contributed by atoms with Crippen molar-refractivity contribution < 1.29 is 13.9 Å².